The van der Waals surface area contributed by atoms with Gasteiger partial charge in [0.2, 0.25) is 0 Å². The Morgan fingerprint density at radius 1 is 0.880 bits per heavy atom. The van der Waals surface area contributed by atoms with Crippen molar-refractivity contribution in [2.24, 2.45) is 23.2 Å². The molecule has 1 fully saturated rings. The average Bonchev–Trinajstić information content (AvgIpc) is 2.66. The van der Waals surface area contributed by atoms with Gasteiger partial charge in [0, 0.05) is 0 Å². The van der Waals surface area contributed by atoms with Crippen LogP contribution in [0.25, 0.3) is 0 Å². The monoisotopic (exact) mass is 374 g/mol. The first-order valence-corrected chi connectivity index (χ1v) is 9.59. The molecule has 0 spiro atoms. The zero-order chi connectivity index (χ0) is 19.3. The van der Waals surface area contributed by atoms with Crippen LogP contribution >= 0.6 is 0 Å². The maximum Gasteiger partial charge on any atom is 0.403 e. The summed E-state index contributed by atoms with van der Waals surface area (Å²) in [6.07, 6.45) is -7.54. The third kappa shape index (κ3) is 5.53. The van der Waals surface area contributed by atoms with Crippen LogP contribution in [-0.2, 0) is 0 Å². The average molecular weight is 374 g/mol. The highest BCUT2D eigenvalue weighted by atomic mass is 19.4. The summed E-state index contributed by atoms with van der Waals surface area (Å²) in [6, 6.07) is 0. The van der Waals surface area contributed by atoms with Crippen molar-refractivity contribution in [1.29, 1.82) is 0 Å². The summed E-state index contributed by atoms with van der Waals surface area (Å²) in [5, 5.41) is 0. The number of alkyl halides is 6. The van der Waals surface area contributed by atoms with Crippen molar-refractivity contribution in [1.82, 2.24) is 0 Å². The Morgan fingerprint density at radius 2 is 1.48 bits per heavy atom. The molecule has 0 aromatic carbocycles. The van der Waals surface area contributed by atoms with Gasteiger partial charge in [-0.2, -0.15) is 26.3 Å². The topological polar surface area (TPSA) is 0 Å². The molecule has 0 aliphatic heterocycles. The van der Waals surface area contributed by atoms with Gasteiger partial charge in [-0.3, -0.25) is 0 Å². The number of halogens is 6. The van der Waals surface area contributed by atoms with Gasteiger partial charge in [0.05, 0.1) is 0 Å². The smallest absolute Gasteiger partial charge is 0.170 e. The minimum atomic E-state index is -5.25. The zero-order valence-corrected chi connectivity index (χ0v) is 15.6. The Balaban J connectivity index is 3.07. The number of hydrogen-bond donors (Lipinski definition) is 0. The first-order chi connectivity index (χ1) is 11.5. The molecular weight excluding hydrogens is 342 g/mol. The maximum atomic E-state index is 13.8. The molecule has 150 valence electrons. The van der Waals surface area contributed by atoms with Crippen LogP contribution in [0.3, 0.4) is 0 Å². The summed E-state index contributed by atoms with van der Waals surface area (Å²) in [5.41, 5.74) is -3.55. The molecule has 1 aliphatic carbocycles. The predicted molar refractivity (Wildman–Crippen MR) is 88.2 cm³/mol. The third-order valence-corrected chi connectivity index (χ3v) is 6.02. The molecule has 3 unspecified atom stereocenters. The molecule has 0 aromatic rings. The lowest BCUT2D eigenvalue weighted by molar-refractivity contribution is -0.362. The normalized spacial score (nSPS) is 24.8. The second-order valence-corrected chi connectivity index (χ2v) is 8.06. The fraction of sp³-hybridized carbons (Fsp3) is 1.00. The first kappa shape index (κ1) is 22.6. The SMILES string of the molecule is CCCC(C)CCCC(C1CCCC(C)CC1)(C(F)(F)F)C(F)(F)F. The molecule has 0 radical (unpaired) electrons. The second kappa shape index (κ2) is 8.98. The maximum absolute atomic E-state index is 13.8. The van der Waals surface area contributed by atoms with Crippen molar-refractivity contribution in [3.05, 3.63) is 0 Å². The largest absolute Gasteiger partial charge is 0.403 e. The molecule has 0 N–H and O–H groups in total. The Labute approximate surface area is 147 Å². The van der Waals surface area contributed by atoms with E-state index in [4.69, 9.17) is 0 Å². The van der Waals surface area contributed by atoms with Crippen LogP contribution in [0.5, 0.6) is 0 Å². The molecule has 1 aliphatic rings. The van der Waals surface area contributed by atoms with E-state index in [9.17, 15) is 26.3 Å². The van der Waals surface area contributed by atoms with Gasteiger partial charge >= 0.3 is 12.4 Å². The van der Waals surface area contributed by atoms with E-state index in [2.05, 4.69) is 0 Å². The Bertz CT molecular complexity index is 370. The summed E-state index contributed by atoms with van der Waals surface area (Å²) in [5.74, 6) is -0.981. The quantitative estimate of drug-likeness (QED) is 0.313. The van der Waals surface area contributed by atoms with Crippen molar-refractivity contribution in [3.8, 4) is 0 Å². The van der Waals surface area contributed by atoms with Crippen molar-refractivity contribution in [3.63, 3.8) is 0 Å². The lowest BCUT2D eigenvalue weighted by atomic mass is 9.67. The van der Waals surface area contributed by atoms with Crippen LogP contribution < -0.4 is 0 Å². The second-order valence-electron chi connectivity index (χ2n) is 8.06. The fourth-order valence-electron chi connectivity index (χ4n) is 4.46. The summed E-state index contributed by atoms with van der Waals surface area (Å²) in [6.45, 7) is 5.79. The Morgan fingerprint density at radius 3 is 2.00 bits per heavy atom. The molecule has 0 saturated heterocycles. The highest BCUT2D eigenvalue weighted by Crippen LogP contribution is 2.60. The van der Waals surface area contributed by atoms with Crippen molar-refractivity contribution in [2.45, 2.75) is 97.3 Å². The molecule has 3 atom stereocenters. The van der Waals surface area contributed by atoms with Gasteiger partial charge < -0.3 is 0 Å². The number of rotatable bonds is 7. The minimum absolute atomic E-state index is 0.0186. The third-order valence-electron chi connectivity index (χ3n) is 6.02. The molecule has 0 bridgehead atoms. The lowest BCUT2D eigenvalue weighted by Crippen LogP contribution is -2.55. The Kier molecular flexibility index (Phi) is 8.13. The van der Waals surface area contributed by atoms with Gasteiger partial charge in [0.15, 0.2) is 5.41 Å². The Hall–Kier alpha value is -0.420. The summed E-state index contributed by atoms with van der Waals surface area (Å²) < 4.78 is 83.0. The summed E-state index contributed by atoms with van der Waals surface area (Å²) >= 11 is 0. The van der Waals surface area contributed by atoms with Crippen LogP contribution in [0.15, 0.2) is 0 Å². The molecule has 0 nitrogen and oxygen atoms in total. The number of hydrogen-bond acceptors (Lipinski definition) is 0. The van der Waals surface area contributed by atoms with Crippen LogP contribution in [0.4, 0.5) is 26.3 Å². The molecule has 6 heteroatoms. The van der Waals surface area contributed by atoms with E-state index in [1.807, 2.05) is 20.8 Å². The first-order valence-electron chi connectivity index (χ1n) is 9.59. The van der Waals surface area contributed by atoms with E-state index >= 15 is 0 Å². The van der Waals surface area contributed by atoms with E-state index in [0.29, 0.717) is 19.3 Å². The minimum Gasteiger partial charge on any atom is -0.170 e. The summed E-state index contributed by atoms with van der Waals surface area (Å²) in [4.78, 5) is 0. The van der Waals surface area contributed by atoms with E-state index in [-0.39, 0.29) is 31.1 Å². The molecule has 1 rings (SSSR count). The van der Waals surface area contributed by atoms with Gasteiger partial charge in [-0.05, 0) is 37.0 Å². The molecule has 0 aromatic heterocycles. The molecular formula is C19H32F6. The van der Waals surface area contributed by atoms with Gasteiger partial charge in [0.1, 0.15) is 0 Å². The summed E-state index contributed by atoms with van der Waals surface area (Å²) in [7, 11) is 0. The van der Waals surface area contributed by atoms with Gasteiger partial charge in [-0.15, -0.1) is 0 Å². The standard InChI is InChI=1S/C19H32F6/c1-4-7-14(2)9-6-13-17(18(20,21)22,19(23,24)25)16-10-5-8-15(3)11-12-16/h14-16H,4-13H2,1-3H3. The van der Waals surface area contributed by atoms with E-state index in [1.54, 1.807) is 0 Å². The van der Waals surface area contributed by atoms with Crippen LogP contribution in [0.2, 0.25) is 0 Å². The zero-order valence-electron chi connectivity index (χ0n) is 15.6. The van der Waals surface area contributed by atoms with Crippen molar-refractivity contribution in [2.75, 3.05) is 0 Å². The van der Waals surface area contributed by atoms with Gasteiger partial charge in [-0.25, -0.2) is 0 Å². The highest BCUT2D eigenvalue weighted by molar-refractivity contribution is 4.99. The molecule has 1 saturated carbocycles. The molecule has 0 amide bonds. The highest BCUT2D eigenvalue weighted by Gasteiger charge is 2.72. The molecule has 25 heavy (non-hydrogen) atoms. The predicted octanol–water partition coefficient (Wildman–Crippen LogP) is 7.92. The van der Waals surface area contributed by atoms with Crippen molar-refractivity contribution < 1.29 is 26.3 Å². The molecule has 0 heterocycles. The lowest BCUT2D eigenvalue weighted by Gasteiger charge is -2.43. The van der Waals surface area contributed by atoms with E-state index < -0.39 is 30.1 Å². The fourth-order valence-corrected chi connectivity index (χ4v) is 4.46. The van der Waals surface area contributed by atoms with E-state index in [1.165, 1.54) is 0 Å². The van der Waals surface area contributed by atoms with Crippen LogP contribution in [-0.4, -0.2) is 12.4 Å². The van der Waals surface area contributed by atoms with Crippen molar-refractivity contribution >= 4 is 0 Å². The van der Waals surface area contributed by atoms with Gasteiger partial charge in [-0.1, -0.05) is 65.7 Å². The van der Waals surface area contributed by atoms with Gasteiger partial charge in [0.25, 0.3) is 0 Å². The van der Waals surface area contributed by atoms with E-state index in [0.717, 1.165) is 19.3 Å². The van der Waals surface area contributed by atoms with Crippen LogP contribution in [0, 0.1) is 23.2 Å². The van der Waals surface area contributed by atoms with Crippen LogP contribution in [0.1, 0.15) is 85.0 Å².